The third-order valence-electron chi connectivity index (χ3n) is 0.914. The highest BCUT2D eigenvalue weighted by Gasteiger charge is 1.89. The Labute approximate surface area is 53.7 Å². The van der Waals surface area contributed by atoms with E-state index in [9.17, 15) is 0 Å². The van der Waals surface area contributed by atoms with Crippen molar-refractivity contribution in [2.45, 2.75) is 0 Å². The molecule has 0 aromatic heterocycles. The van der Waals surface area contributed by atoms with Crippen LogP contribution in [0.4, 0.5) is 0 Å². The lowest BCUT2D eigenvalue weighted by Crippen LogP contribution is -2.05. The Morgan fingerprint density at radius 3 is 3.22 bits per heavy atom. The molecule has 0 bridgehead atoms. The third kappa shape index (κ3) is 1.60. The lowest BCUT2D eigenvalue weighted by Gasteiger charge is -2.00. The summed E-state index contributed by atoms with van der Waals surface area (Å²) in [5.74, 6) is 0.653. The SMILES string of the molecule is COC1=CC=CC=NN1. The molecule has 1 N–H and O–H groups in total. The van der Waals surface area contributed by atoms with Crippen molar-refractivity contribution in [1.29, 1.82) is 0 Å². The number of hydrazone groups is 1. The molecule has 0 saturated carbocycles. The molecule has 3 heteroatoms. The van der Waals surface area contributed by atoms with Crippen LogP contribution in [0, 0.1) is 0 Å². The minimum atomic E-state index is 0.653. The van der Waals surface area contributed by atoms with Gasteiger partial charge in [-0.1, -0.05) is 6.08 Å². The summed E-state index contributed by atoms with van der Waals surface area (Å²) in [4.78, 5) is 0. The van der Waals surface area contributed by atoms with Crippen LogP contribution in [0.3, 0.4) is 0 Å². The minimum Gasteiger partial charge on any atom is -0.481 e. The highest BCUT2D eigenvalue weighted by atomic mass is 16.5. The number of allylic oxidation sites excluding steroid dienone is 3. The zero-order valence-corrected chi connectivity index (χ0v) is 5.16. The van der Waals surface area contributed by atoms with Gasteiger partial charge in [0.1, 0.15) is 0 Å². The van der Waals surface area contributed by atoms with E-state index in [2.05, 4.69) is 10.5 Å². The van der Waals surface area contributed by atoms with E-state index < -0.39 is 0 Å². The maximum Gasteiger partial charge on any atom is 0.207 e. The van der Waals surface area contributed by atoms with E-state index in [1.54, 1.807) is 19.4 Å². The van der Waals surface area contributed by atoms with Gasteiger partial charge in [-0.3, -0.25) is 0 Å². The standard InChI is InChI=1S/C6H8N2O/c1-9-6-4-2-3-5-7-8-6/h2-5,8H,1H3. The smallest absolute Gasteiger partial charge is 0.207 e. The quantitative estimate of drug-likeness (QED) is 0.556. The van der Waals surface area contributed by atoms with Crippen molar-refractivity contribution in [1.82, 2.24) is 5.43 Å². The van der Waals surface area contributed by atoms with Crippen molar-refractivity contribution >= 4 is 6.21 Å². The summed E-state index contributed by atoms with van der Waals surface area (Å²) in [6, 6.07) is 0. The highest BCUT2D eigenvalue weighted by molar-refractivity contribution is 5.71. The lowest BCUT2D eigenvalue weighted by atomic mass is 10.5. The second-order valence-corrected chi connectivity index (χ2v) is 1.51. The van der Waals surface area contributed by atoms with E-state index >= 15 is 0 Å². The summed E-state index contributed by atoms with van der Waals surface area (Å²) in [6.45, 7) is 0. The molecule has 3 nitrogen and oxygen atoms in total. The van der Waals surface area contributed by atoms with Gasteiger partial charge in [-0.15, -0.1) is 0 Å². The lowest BCUT2D eigenvalue weighted by molar-refractivity contribution is 0.263. The molecule has 9 heavy (non-hydrogen) atoms. The summed E-state index contributed by atoms with van der Waals surface area (Å²) >= 11 is 0. The van der Waals surface area contributed by atoms with E-state index in [1.807, 2.05) is 12.2 Å². The van der Waals surface area contributed by atoms with Crippen LogP contribution in [-0.4, -0.2) is 13.3 Å². The largest absolute Gasteiger partial charge is 0.481 e. The molecule has 0 aromatic rings. The van der Waals surface area contributed by atoms with Gasteiger partial charge in [0.05, 0.1) is 7.11 Å². The van der Waals surface area contributed by atoms with Crippen LogP contribution in [0.25, 0.3) is 0 Å². The Bertz CT molecular complexity index is 170. The molecule has 48 valence electrons. The first-order chi connectivity index (χ1) is 4.43. The average molecular weight is 124 g/mol. The molecule has 1 rings (SSSR count). The Hall–Kier alpha value is -1.25. The molecule has 1 heterocycles. The van der Waals surface area contributed by atoms with Gasteiger partial charge in [-0.05, 0) is 12.2 Å². The van der Waals surface area contributed by atoms with Gasteiger partial charge in [0.25, 0.3) is 0 Å². The first kappa shape index (κ1) is 5.88. The van der Waals surface area contributed by atoms with Crippen molar-refractivity contribution in [3.8, 4) is 0 Å². The second-order valence-electron chi connectivity index (χ2n) is 1.51. The molecule has 0 unspecified atom stereocenters. The number of nitrogens with zero attached hydrogens (tertiary/aromatic N) is 1. The maximum atomic E-state index is 4.86. The maximum absolute atomic E-state index is 4.86. The number of hydrogen-bond acceptors (Lipinski definition) is 3. The fourth-order valence-electron chi connectivity index (χ4n) is 0.488. The van der Waals surface area contributed by atoms with Gasteiger partial charge in [0.15, 0.2) is 0 Å². The summed E-state index contributed by atoms with van der Waals surface area (Å²) in [5.41, 5.74) is 2.68. The van der Waals surface area contributed by atoms with E-state index in [0.29, 0.717) is 5.88 Å². The normalized spacial score (nSPS) is 15.9. The Morgan fingerprint density at radius 1 is 1.56 bits per heavy atom. The van der Waals surface area contributed by atoms with Crippen molar-refractivity contribution in [3.05, 3.63) is 24.1 Å². The number of nitrogens with one attached hydrogen (secondary N) is 1. The Morgan fingerprint density at radius 2 is 2.44 bits per heavy atom. The van der Waals surface area contributed by atoms with Gasteiger partial charge < -0.3 is 4.74 Å². The minimum absolute atomic E-state index is 0.653. The van der Waals surface area contributed by atoms with Crippen LogP contribution >= 0.6 is 0 Å². The zero-order valence-electron chi connectivity index (χ0n) is 5.16. The van der Waals surface area contributed by atoms with E-state index in [1.165, 1.54) is 0 Å². The summed E-state index contributed by atoms with van der Waals surface area (Å²) in [5, 5.41) is 3.77. The molecular formula is C6H8N2O. The molecular weight excluding hydrogens is 116 g/mol. The van der Waals surface area contributed by atoms with E-state index in [0.717, 1.165) is 0 Å². The topological polar surface area (TPSA) is 33.6 Å². The molecule has 1 aliphatic heterocycles. The van der Waals surface area contributed by atoms with Crippen molar-refractivity contribution < 1.29 is 4.74 Å². The number of rotatable bonds is 1. The molecule has 0 atom stereocenters. The fraction of sp³-hybridized carbons (Fsp3) is 0.167. The third-order valence-corrected chi connectivity index (χ3v) is 0.914. The van der Waals surface area contributed by atoms with E-state index in [4.69, 9.17) is 4.74 Å². The molecule has 0 saturated heterocycles. The van der Waals surface area contributed by atoms with Crippen LogP contribution < -0.4 is 5.43 Å². The highest BCUT2D eigenvalue weighted by Crippen LogP contribution is 1.92. The molecule has 1 aliphatic rings. The average Bonchev–Trinajstić information content (AvgIpc) is 2.13. The first-order valence-corrected chi connectivity index (χ1v) is 2.63. The summed E-state index contributed by atoms with van der Waals surface area (Å²) in [6.07, 6.45) is 7.12. The van der Waals surface area contributed by atoms with Crippen molar-refractivity contribution in [2.75, 3.05) is 7.11 Å². The number of hydrogen-bond donors (Lipinski definition) is 1. The zero-order chi connectivity index (χ0) is 6.53. The molecule has 0 radical (unpaired) electrons. The monoisotopic (exact) mass is 124 g/mol. The predicted molar refractivity (Wildman–Crippen MR) is 35.9 cm³/mol. The van der Waals surface area contributed by atoms with Gasteiger partial charge in [-0.2, -0.15) is 5.10 Å². The number of methoxy groups -OCH3 is 1. The van der Waals surface area contributed by atoms with Crippen LogP contribution in [0.1, 0.15) is 0 Å². The van der Waals surface area contributed by atoms with Gasteiger partial charge in [0, 0.05) is 6.21 Å². The van der Waals surface area contributed by atoms with Crippen LogP contribution in [0.15, 0.2) is 29.2 Å². The van der Waals surface area contributed by atoms with Gasteiger partial charge in [-0.25, -0.2) is 5.43 Å². The first-order valence-electron chi connectivity index (χ1n) is 2.63. The molecule has 0 spiro atoms. The predicted octanol–water partition coefficient (Wildman–Crippen LogP) is 0.619. The fourth-order valence-corrected chi connectivity index (χ4v) is 0.488. The molecule has 0 aromatic carbocycles. The second kappa shape index (κ2) is 2.91. The molecule has 0 aliphatic carbocycles. The van der Waals surface area contributed by atoms with Gasteiger partial charge in [0.2, 0.25) is 5.88 Å². The molecule has 0 amide bonds. The molecule has 0 fully saturated rings. The van der Waals surface area contributed by atoms with Crippen LogP contribution in [0.5, 0.6) is 0 Å². The van der Waals surface area contributed by atoms with Crippen molar-refractivity contribution in [3.63, 3.8) is 0 Å². The van der Waals surface area contributed by atoms with Crippen molar-refractivity contribution in [2.24, 2.45) is 5.10 Å². The van der Waals surface area contributed by atoms with Gasteiger partial charge >= 0.3 is 0 Å². The van der Waals surface area contributed by atoms with Crippen LogP contribution in [-0.2, 0) is 4.74 Å². The summed E-state index contributed by atoms with van der Waals surface area (Å²) < 4.78 is 4.86. The van der Waals surface area contributed by atoms with Crippen LogP contribution in [0.2, 0.25) is 0 Å². The Kier molecular flexibility index (Phi) is 1.90. The Balaban J connectivity index is 2.62. The number of ether oxygens (including phenoxy) is 1. The summed E-state index contributed by atoms with van der Waals surface area (Å²) in [7, 11) is 1.59. The van der Waals surface area contributed by atoms with E-state index in [-0.39, 0.29) is 0 Å².